The standard InChI is InChI=1S/C19H20F2N2O4S/c1-3-28(26,27)14-7-4-6-13(10-14)23-18(25)11-17(22-12(2)24)19-15(20)8-5-9-16(19)21/h4-10,17H,3,11H2,1-2H3,(H,22,24)(H,23,25). The molecule has 1 unspecified atom stereocenters. The van der Waals surface area contributed by atoms with Gasteiger partial charge in [-0.3, -0.25) is 9.59 Å². The highest BCUT2D eigenvalue weighted by atomic mass is 32.2. The number of carbonyl (C=O) groups excluding carboxylic acids is 2. The Morgan fingerprint density at radius 1 is 1.07 bits per heavy atom. The van der Waals surface area contributed by atoms with Crippen LogP contribution in [0.15, 0.2) is 47.4 Å². The average Bonchev–Trinajstić information content (AvgIpc) is 2.61. The molecule has 1 atom stereocenters. The molecule has 0 aliphatic rings. The molecule has 0 saturated heterocycles. The van der Waals surface area contributed by atoms with Crippen LogP contribution in [-0.4, -0.2) is 26.0 Å². The topological polar surface area (TPSA) is 92.3 Å². The molecule has 0 bridgehead atoms. The molecule has 0 heterocycles. The highest BCUT2D eigenvalue weighted by Gasteiger charge is 2.24. The molecule has 0 spiro atoms. The number of amides is 2. The number of benzene rings is 2. The number of rotatable bonds is 7. The second kappa shape index (κ2) is 8.92. The monoisotopic (exact) mass is 410 g/mol. The van der Waals surface area contributed by atoms with E-state index in [1.807, 2.05) is 0 Å². The van der Waals surface area contributed by atoms with E-state index in [0.717, 1.165) is 12.1 Å². The molecule has 150 valence electrons. The molecule has 0 aliphatic heterocycles. The Morgan fingerprint density at radius 2 is 1.68 bits per heavy atom. The van der Waals surface area contributed by atoms with Gasteiger partial charge in [-0.15, -0.1) is 0 Å². The fourth-order valence-electron chi connectivity index (χ4n) is 2.65. The molecule has 2 N–H and O–H groups in total. The molecular weight excluding hydrogens is 390 g/mol. The zero-order valence-electron chi connectivity index (χ0n) is 15.3. The SMILES string of the molecule is CCS(=O)(=O)c1cccc(NC(=O)CC(NC(C)=O)c2c(F)cccc2F)c1. The Hall–Kier alpha value is -2.81. The van der Waals surface area contributed by atoms with Crippen molar-refractivity contribution in [1.29, 1.82) is 0 Å². The third-order valence-electron chi connectivity index (χ3n) is 3.97. The minimum Gasteiger partial charge on any atom is -0.349 e. The first-order valence-corrected chi connectivity index (χ1v) is 10.1. The predicted octanol–water partition coefficient (Wildman–Crippen LogP) is 2.96. The molecule has 0 radical (unpaired) electrons. The maximum atomic E-state index is 14.1. The van der Waals surface area contributed by atoms with Gasteiger partial charge in [0.05, 0.1) is 23.1 Å². The van der Waals surface area contributed by atoms with Crippen molar-refractivity contribution in [2.24, 2.45) is 0 Å². The van der Waals surface area contributed by atoms with Crippen molar-refractivity contribution >= 4 is 27.3 Å². The van der Waals surface area contributed by atoms with Crippen molar-refractivity contribution in [3.63, 3.8) is 0 Å². The summed E-state index contributed by atoms with van der Waals surface area (Å²) in [6.45, 7) is 2.67. The second-order valence-electron chi connectivity index (χ2n) is 6.07. The summed E-state index contributed by atoms with van der Waals surface area (Å²) in [7, 11) is -3.46. The van der Waals surface area contributed by atoms with Crippen LogP contribution < -0.4 is 10.6 Å². The Balaban J connectivity index is 2.23. The van der Waals surface area contributed by atoms with Crippen molar-refractivity contribution in [3.8, 4) is 0 Å². The van der Waals surface area contributed by atoms with Crippen molar-refractivity contribution in [2.75, 3.05) is 11.1 Å². The quantitative estimate of drug-likeness (QED) is 0.734. The molecular formula is C19H20F2N2O4S. The van der Waals surface area contributed by atoms with Crippen LogP contribution in [0.2, 0.25) is 0 Å². The minimum atomic E-state index is -3.46. The summed E-state index contributed by atoms with van der Waals surface area (Å²) in [5.74, 6) is -3.07. The fraction of sp³-hybridized carbons (Fsp3) is 0.263. The molecule has 9 heteroatoms. The zero-order valence-corrected chi connectivity index (χ0v) is 16.1. The molecule has 2 rings (SSSR count). The van der Waals surface area contributed by atoms with Gasteiger partial charge < -0.3 is 10.6 Å². The third kappa shape index (κ3) is 5.35. The van der Waals surface area contributed by atoms with Crippen LogP contribution in [0.25, 0.3) is 0 Å². The van der Waals surface area contributed by atoms with Gasteiger partial charge in [0.2, 0.25) is 11.8 Å². The Morgan fingerprint density at radius 3 is 2.25 bits per heavy atom. The summed E-state index contributed by atoms with van der Waals surface area (Å²) in [4.78, 5) is 23.8. The molecule has 2 aromatic carbocycles. The van der Waals surface area contributed by atoms with E-state index < -0.39 is 51.3 Å². The van der Waals surface area contributed by atoms with Gasteiger partial charge in [-0.1, -0.05) is 19.1 Å². The molecule has 28 heavy (non-hydrogen) atoms. The fourth-order valence-corrected chi connectivity index (χ4v) is 3.57. The number of sulfone groups is 1. The van der Waals surface area contributed by atoms with Crippen LogP contribution in [-0.2, 0) is 19.4 Å². The zero-order chi connectivity index (χ0) is 20.9. The van der Waals surface area contributed by atoms with Gasteiger partial charge in [0, 0.05) is 18.2 Å². The Labute approximate surface area is 161 Å². The second-order valence-corrected chi connectivity index (χ2v) is 8.35. The van der Waals surface area contributed by atoms with Gasteiger partial charge in [0.25, 0.3) is 0 Å². The summed E-state index contributed by atoms with van der Waals surface area (Å²) >= 11 is 0. The molecule has 0 aromatic heterocycles. The summed E-state index contributed by atoms with van der Waals surface area (Å²) < 4.78 is 52.0. The van der Waals surface area contributed by atoms with E-state index in [1.54, 1.807) is 0 Å². The van der Waals surface area contributed by atoms with E-state index in [1.165, 1.54) is 44.2 Å². The molecule has 0 fully saturated rings. The van der Waals surface area contributed by atoms with Crippen molar-refractivity contribution in [2.45, 2.75) is 31.2 Å². The van der Waals surface area contributed by atoms with Gasteiger partial charge in [0.15, 0.2) is 9.84 Å². The lowest BCUT2D eigenvalue weighted by Gasteiger charge is -2.19. The number of anilines is 1. The highest BCUT2D eigenvalue weighted by molar-refractivity contribution is 7.91. The van der Waals surface area contributed by atoms with Crippen molar-refractivity contribution < 1.29 is 26.8 Å². The van der Waals surface area contributed by atoms with Gasteiger partial charge in [-0.25, -0.2) is 17.2 Å². The normalized spacial score (nSPS) is 12.3. The number of halogens is 2. The van der Waals surface area contributed by atoms with E-state index in [2.05, 4.69) is 10.6 Å². The molecule has 0 aliphatic carbocycles. The summed E-state index contributed by atoms with van der Waals surface area (Å²) in [6.07, 6.45) is -0.442. The first-order chi connectivity index (χ1) is 13.1. The van der Waals surface area contributed by atoms with Crippen LogP contribution in [0.1, 0.15) is 31.9 Å². The van der Waals surface area contributed by atoms with E-state index in [0.29, 0.717) is 0 Å². The largest absolute Gasteiger partial charge is 0.349 e. The van der Waals surface area contributed by atoms with E-state index in [9.17, 15) is 26.8 Å². The third-order valence-corrected chi connectivity index (χ3v) is 5.70. The first kappa shape index (κ1) is 21.5. The lowest BCUT2D eigenvalue weighted by Crippen LogP contribution is -2.31. The minimum absolute atomic E-state index is 0.0476. The summed E-state index contributed by atoms with van der Waals surface area (Å²) in [5.41, 5.74) is -0.203. The summed E-state index contributed by atoms with van der Waals surface area (Å²) in [5, 5.41) is 4.85. The average molecular weight is 410 g/mol. The van der Waals surface area contributed by atoms with Gasteiger partial charge in [-0.05, 0) is 30.3 Å². The van der Waals surface area contributed by atoms with Crippen molar-refractivity contribution in [1.82, 2.24) is 5.32 Å². The van der Waals surface area contributed by atoms with E-state index >= 15 is 0 Å². The molecule has 0 saturated carbocycles. The maximum Gasteiger partial charge on any atom is 0.226 e. The van der Waals surface area contributed by atoms with Crippen molar-refractivity contribution in [3.05, 3.63) is 59.7 Å². The van der Waals surface area contributed by atoms with Gasteiger partial charge >= 0.3 is 0 Å². The molecule has 2 amide bonds. The lowest BCUT2D eigenvalue weighted by atomic mass is 10.0. The molecule has 6 nitrogen and oxygen atoms in total. The van der Waals surface area contributed by atoms with Gasteiger partial charge in [-0.2, -0.15) is 0 Å². The molecule has 2 aromatic rings. The first-order valence-electron chi connectivity index (χ1n) is 8.47. The van der Waals surface area contributed by atoms with Crippen LogP contribution in [0, 0.1) is 11.6 Å². The van der Waals surface area contributed by atoms with Gasteiger partial charge in [0.1, 0.15) is 11.6 Å². The van der Waals surface area contributed by atoms with Crippen LogP contribution in [0.3, 0.4) is 0 Å². The van der Waals surface area contributed by atoms with Crippen LogP contribution >= 0.6 is 0 Å². The number of hydrogen-bond acceptors (Lipinski definition) is 4. The van der Waals surface area contributed by atoms with E-state index in [-0.39, 0.29) is 16.3 Å². The van der Waals surface area contributed by atoms with Crippen LogP contribution in [0.5, 0.6) is 0 Å². The predicted molar refractivity (Wildman–Crippen MR) is 100 cm³/mol. The number of carbonyl (C=O) groups is 2. The Bertz CT molecular complexity index is 973. The smallest absolute Gasteiger partial charge is 0.226 e. The number of nitrogens with one attached hydrogen (secondary N) is 2. The Kier molecular flexibility index (Phi) is 6.85. The maximum absolute atomic E-state index is 14.1. The highest BCUT2D eigenvalue weighted by Crippen LogP contribution is 2.24. The lowest BCUT2D eigenvalue weighted by molar-refractivity contribution is -0.120. The summed E-state index contributed by atoms with van der Waals surface area (Å²) in [6, 6.07) is 7.69. The van der Waals surface area contributed by atoms with Crippen LogP contribution in [0.4, 0.5) is 14.5 Å². The number of hydrogen-bond donors (Lipinski definition) is 2. The van der Waals surface area contributed by atoms with E-state index in [4.69, 9.17) is 0 Å².